The third-order valence-corrected chi connectivity index (χ3v) is 2.30. The first-order valence-electron chi connectivity index (χ1n) is 6.14. The van der Waals surface area contributed by atoms with Crippen LogP contribution in [0.3, 0.4) is 0 Å². The molecular formula is C12H24N2O3. The summed E-state index contributed by atoms with van der Waals surface area (Å²) in [6.45, 7) is 8.25. The van der Waals surface area contributed by atoms with Gasteiger partial charge in [0.1, 0.15) is 6.54 Å². The number of carbonyl (C=O) groups excluding carboxylic acids is 1. The smallest absolute Gasteiger partial charge is 0.323 e. The highest BCUT2D eigenvalue weighted by atomic mass is 16.4. The summed E-state index contributed by atoms with van der Waals surface area (Å²) in [5, 5.41) is 11.5. The Balaban J connectivity index is 4.26. The number of aliphatic carboxylic acids is 1. The van der Waals surface area contributed by atoms with Gasteiger partial charge in [0, 0.05) is 12.6 Å². The zero-order valence-electron chi connectivity index (χ0n) is 11.2. The summed E-state index contributed by atoms with van der Waals surface area (Å²) in [5.74, 6) is -0.477. The zero-order valence-corrected chi connectivity index (χ0v) is 11.2. The van der Waals surface area contributed by atoms with Crippen molar-refractivity contribution in [3.8, 4) is 0 Å². The van der Waals surface area contributed by atoms with Crippen LogP contribution in [0.2, 0.25) is 0 Å². The van der Waals surface area contributed by atoms with Crippen LogP contribution in [0.25, 0.3) is 0 Å². The van der Waals surface area contributed by atoms with Crippen molar-refractivity contribution in [1.29, 1.82) is 0 Å². The van der Waals surface area contributed by atoms with Gasteiger partial charge in [-0.05, 0) is 25.7 Å². The molecule has 1 unspecified atom stereocenters. The predicted molar refractivity (Wildman–Crippen MR) is 66.9 cm³/mol. The zero-order chi connectivity index (χ0) is 13.4. The van der Waals surface area contributed by atoms with E-state index in [1.807, 2.05) is 13.8 Å². The number of urea groups is 1. The van der Waals surface area contributed by atoms with Gasteiger partial charge in [-0.1, -0.05) is 20.8 Å². The maximum atomic E-state index is 11.8. The van der Waals surface area contributed by atoms with Crippen molar-refractivity contribution in [2.24, 2.45) is 5.92 Å². The van der Waals surface area contributed by atoms with Crippen LogP contribution in [0.1, 0.15) is 40.5 Å². The Morgan fingerprint density at radius 2 is 1.88 bits per heavy atom. The fourth-order valence-corrected chi connectivity index (χ4v) is 1.75. The molecule has 2 amide bonds. The lowest BCUT2D eigenvalue weighted by Gasteiger charge is -2.24. The maximum Gasteiger partial charge on any atom is 0.323 e. The maximum absolute atomic E-state index is 11.8. The number of carbonyl (C=O) groups is 2. The number of hydrogen-bond donors (Lipinski definition) is 2. The number of hydrogen-bond acceptors (Lipinski definition) is 2. The van der Waals surface area contributed by atoms with Crippen molar-refractivity contribution in [1.82, 2.24) is 10.2 Å². The molecule has 5 heteroatoms. The number of nitrogens with zero attached hydrogens (tertiary/aromatic N) is 1. The van der Waals surface area contributed by atoms with Gasteiger partial charge in [0.2, 0.25) is 0 Å². The van der Waals surface area contributed by atoms with Gasteiger partial charge in [0.05, 0.1) is 0 Å². The normalized spacial score (nSPS) is 12.3. The minimum atomic E-state index is -0.981. The molecule has 0 rings (SSSR count). The summed E-state index contributed by atoms with van der Waals surface area (Å²) < 4.78 is 0. The Kier molecular flexibility index (Phi) is 7.34. The van der Waals surface area contributed by atoms with Gasteiger partial charge in [-0.3, -0.25) is 4.79 Å². The van der Waals surface area contributed by atoms with Crippen LogP contribution in [-0.4, -0.2) is 41.1 Å². The van der Waals surface area contributed by atoms with Crippen molar-refractivity contribution >= 4 is 12.0 Å². The van der Waals surface area contributed by atoms with Crippen LogP contribution in [0.5, 0.6) is 0 Å². The Morgan fingerprint density at radius 1 is 1.29 bits per heavy atom. The molecule has 0 bridgehead atoms. The number of carboxylic acids is 1. The van der Waals surface area contributed by atoms with Crippen molar-refractivity contribution in [3.63, 3.8) is 0 Å². The van der Waals surface area contributed by atoms with Gasteiger partial charge < -0.3 is 15.3 Å². The number of rotatable bonds is 7. The molecule has 0 aliphatic carbocycles. The molecule has 0 aliphatic heterocycles. The van der Waals surface area contributed by atoms with Crippen molar-refractivity contribution in [2.45, 2.75) is 46.6 Å². The largest absolute Gasteiger partial charge is 0.480 e. The first-order chi connectivity index (χ1) is 7.86. The first kappa shape index (κ1) is 15.7. The average Bonchev–Trinajstić information content (AvgIpc) is 2.14. The topological polar surface area (TPSA) is 69.6 Å². The van der Waals surface area contributed by atoms with Crippen LogP contribution in [-0.2, 0) is 4.79 Å². The Bertz CT molecular complexity index is 254. The Hall–Kier alpha value is -1.26. The van der Waals surface area contributed by atoms with E-state index in [4.69, 9.17) is 5.11 Å². The SMILES string of the molecule is CCCN(CC(=O)O)C(=O)NC(C)CC(C)C. The highest BCUT2D eigenvalue weighted by molar-refractivity contribution is 5.80. The fraction of sp³-hybridized carbons (Fsp3) is 0.833. The van der Waals surface area contributed by atoms with E-state index >= 15 is 0 Å². The van der Waals surface area contributed by atoms with Crippen LogP contribution < -0.4 is 5.32 Å². The van der Waals surface area contributed by atoms with Gasteiger partial charge in [-0.25, -0.2) is 4.79 Å². The van der Waals surface area contributed by atoms with Gasteiger partial charge in [0.15, 0.2) is 0 Å². The predicted octanol–water partition coefficient (Wildman–Crippen LogP) is 1.93. The molecule has 0 heterocycles. The van der Waals surface area contributed by atoms with Crippen LogP contribution >= 0.6 is 0 Å². The molecule has 5 nitrogen and oxygen atoms in total. The molecule has 0 aliphatic rings. The van der Waals surface area contributed by atoms with Gasteiger partial charge in [0.25, 0.3) is 0 Å². The van der Waals surface area contributed by atoms with E-state index in [9.17, 15) is 9.59 Å². The second-order valence-corrected chi connectivity index (χ2v) is 4.80. The van der Waals surface area contributed by atoms with E-state index < -0.39 is 5.97 Å². The molecule has 0 saturated carbocycles. The molecule has 0 radical (unpaired) electrons. The third-order valence-electron chi connectivity index (χ3n) is 2.30. The quantitative estimate of drug-likeness (QED) is 0.719. The lowest BCUT2D eigenvalue weighted by molar-refractivity contribution is -0.137. The number of carboxylic acid groups (broad SMARTS) is 1. The average molecular weight is 244 g/mol. The minimum absolute atomic E-state index is 0.0654. The van der Waals surface area contributed by atoms with E-state index in [-0.39, 0.29) is 18.6 Å². The highest BCUT2D eigenvalue weighted by Crippen LogP contribution is 2.04. The molecule has 17 heavy (non-hydrogen) atoms. The first-order valence-corrected chi connectivity index (χ1v) is 6.14. The highest BCUT2D eigenvalue weighted by Gasteiger charge is 2.17. The summed E-state index contributed by atoms with van der Waals surface area (Å²) in [5.41, 5.74) is 0. The van der Waals surface area contributed by atoms with E-state index in [0.29, 0.717) is 12.5 Å². The molecule has 0 aromatic rings. The number of amides is 2. The molecule has 0 fully saturated rings. The van der Waals surface area contributed by atoms with Crippen LogP contribution in [0, 0.1) is 5.92 Å². The van der Waals surface area contributed by atoms with Crippen molar-refractivity contribution in [2.75, 3.05) is 13.1 Å². The summed E-state index contributed by atoms with van der Waals surface area (Å²) in [6, 6.07) is -0.224. The lowest BCUT2D eigenvalue weighted by atomic mass is 10.1. The summed E-state index contributed by atoms with van der Waals surface area (Å²) >= 11 is 0. The number of nitrogens with one attached hydrogen (secondary N) is 1. The molecule has 0 spiro atoms. The minimum Gasteiger partial charge on any atom is -0.480 e. The summed E-state index contributed by atoms with van der Waals surface area (Å²) in [7, 11) is 0. The molecule has 1 atom stereocenters. The van der Waals surface area contributed by atoms with E-state index in [1.165, 1.54) is 4.90 Å². The lowest BCUT2D eigenvalue weighted by Crippen LogP contribution is -2.46. The second kappa shape index (κ2) is 7.92. The summed E-state index contributed by atoms with van der Waals surface area (Å²) in [6.07, 6.45) is 1.64. The fourth-order valence-electron chi connectivity index (χ4n) is 1.75. The van der Waals surface area contributed by atoms with Crippen LogP contribution in [0.15, 0.2) is 0 Å². The molecule has 100 valence electrons. The molecule has 2 N–H and O–H groups in total. The Morgan fingerprint density at radius 3 is 2.29 bits per heavy atom. The summed E-state index contributed by atoms with van der Waals surface area (Å²) in [4.78, 5) is 23.8. The Labute approximate surface area is 103 Å². The van der Waals surface area contributed by atoms with Gasteiger partial charge in [-0.2, -0.15) is 0 Å². The molecular weight excluding hydrogens is 220 g/mol. The second-order valence-electron chi connectivity index (χ2n) is 4.80. The van der Waals surface area contributed by atoms with E-state index in [2.05, 4.69) is 19.2 Å². The van der Waals surface area contributed by atoms with Gasteiger partial charge in [-0.15, -0.1) is 0 Å². The van der Waals surface area contributed by atoms with Crippen LogP contribution in [0.4, 0.5) is 4.79 Å². The standard InChI is InChI=1S/C12H24N2O3/c1-5-6-14(8-11(15)16)12(17)13-10(4)7-9(2)3/h9-10H,5-8H2,1-4H3,(H,13,17)(H,15,16). The molecule has 0 aromatic carbocycles. The van der Waals surface area contributed by atoms with E-state index in [0.717, 1.165) is 12.8 Å². The monoisotopic (exact) mass is 244 g/mol. The van der Waals surface area contributed by atoms with Crippen molar-refractivity contribution in [3.05, 3.63) is 0 Å². The van der Waals surface area contributed by atoms with Crippen molar-refractivity contribution < 1.29 is 14.7 Å². The van der Waals surface area contributed by atoms with Gasteiger partial charge >= 0.3 is 12.0 Å². The molecule has 0 aromatic heterocycles. The third kappa shape index (κ3) is 7.60. The molecule has 0 saturated heterocycles. The van der Waals surface area contributed by atoms with E-state index in [1.54, 1.807) is 0 Å².